The lowest BCUT2D eigenvalue weighted by Crippen LogP contribution is -1.73. The molecular formula is C15H38. The maximum absolute atomic E-state index is 2.26. The highest BCUT2D eigenvalue weighted by Crippen LogP contribution is 2.03. The fraction of sp³-hybridized carbons (Fsp3) is 1.00. The third-order valence-electron chi connectivity index (χ3n) is 1.46. The first-order valence-electron chi connectivity index (χ1n) is 7.33. The zero-order chi connectivity index (χ0) is 12.9. The van der Waals surface area contributed by atoms with E-state index in [2.05, 4.69) is 27.7 Å². The molecule has 0 aliphatic heterocycles. The lowest BCUT2D eigenvalue weighted by molar-refractivity contribution is 0.624. The summed E-state index contributed by atoms with van der Waals surface area (Å²) >= 11 is 0. The predicted molar refractivity (Wildman–Crippen MR) is 77.7 cm³/mol. The molecule has 0 aliphatic rings. The molecule has 0 saturated heterocycles. The zero-order valence-electron chi connectivity index (χ0n) is 12.9. The molecule has 0 aromatic heterocycles. The van der Waals surface area contributed by atoms with Crippen LogP contribution in [0.25, 0.3) is 0 Å². The Balaban J connectivity index is -0.0000000726. The number of hydrogen-bond acceptors (Lipinski definition) is 0. The average molecular weight is 218 g/mol. The van der Waals surface area contributed by atoms with Gasteiger partial charge in [0.2, 0.25) is 0 Å². The normalized spacial score (nSPS) is 7.20. The molecule has 0 nitrogen and oxygen atoms in total. The van der Waals surface area contributed by atoms with Crippen molar-refractivity contribution in [2.24, 2.45) is 0 Å². The second-order valence-electron chi connectivity index (χ2n) is 3.12. The summed E-state index contributed by atoms with van der Waals surface area (Å²) in [6.45, 7) is 16.8. The summed E-state index contributed by atoms with van der Waals surface area (Å²) in [5.74, 6) is 0. The lowest BCUT2D eigenvalue weighted by atomic mass is 10.1. The van der Waals surface area contributed by atoms with E-state index in [-0.39, 0.29) is 0 Å². The van der Waals surface area contributed by atoms with E-state index >= 15 is 0 Å². The first kappa shape index (κ1) is 24.3. The minimum absolute atomic E-state index is 1.25. The molecule has 15 heavy (non-hydrogen) atoms. The van der Waals surface area contributed by atoms with Crippen LogP contribution in [0.15, 0.2) is 0 Å². The van der Waals surface area contributed by atoms with E-state index in [0.717, 1.165) is 0 Å². The van der Waals surface area contributed by atoms with Crippen molar-refractivity contribution >= 4 is 0 Å². The summed E-state index contributed by atoms with van der Waals surface area (Å²) in [6, 6.07) is 0. The van der Waals surface area contributed by atoms with E-state index in [9.17, 15) is 0 Å². The first-order valence-corrected chi connectivity index (χ1v) is 7.33. The standard InChI is InChI=1S/C8H18.C3H8.2C2H6/c1-3-5-7-8-6-4-2;1-3-2;2*1-2/h3-8H2,1-2H3;3H2,1-2H3;2*1-2H3. The molecule has 0 N–H and O–H groups in total. The van der Waals surface area contributed by atoms with Crippen LogP contribution in [-0.4, -0.2) is 0 Å². The minimum Gasteiger partial charge on any atom is -0.0683 e. The Labute approximate surface area is 101 Å². The van der Waals surface area contributed by atoms with Gasteiger partial charge < -0.3 is 0 Å². The number of rotatable bonds is 5. The van der Waals surface area contributed by atoms with Crippen molar-refractivity contribution in [1.82, 2.24) is 0 Å². The van der Waals surface area contributed by atoms with Gasteiger partial charge in [-0.25, -0.2) is 0 Å². The Morgan fingerprint density at radius 2 is 0.667 bits per heavy atom. The van der Waals surface area contributed by atoms with E-state index in [1.807, 2.05) is 27.7 Å². The Bertz CT molecular complexity index is 33.3. The molecule has 0 saturated carbocycles. The maximum atomic E-state index is 2.26. The largest absolute Gasteiger partial charge is 0.0683 e. The fourth-order valence-electron chi connectivity index (χ4n) is 0.854. The van der Waals surface area contributed by atoms with Gasteiger partial charge in [-0.2, -0.15) is 0 Å². The van der Waals surface area contributed by atoms with Gasteiger partial charge in [-0.05, 0) is 0 Å². The van der Waals surface area contributed by atoms with Crippen LogP contribution >= 0.6 is 0 Å². The molecule has 0 unspecified atom stereocenters. The van der Waals surface area contributed by atoms with Crippen LogP contribution in [0.2, 0.25) is 0 Å². The highest BCUT2D eigenvalue weighted by atomic mass is 13.9. The van der Waals surface area contributed by atoms with Crippen LogP contribution in [0, 0.1) is 0 Å². The van der Waals surface area contributed by atoms with Gasteiger partial charge in [0.05, 0.1) is 0 Å². The van der Waals surface area contributed by atoms with Crippen LogP contribution < -0.4 is 0 Å². The zero-order valence-corrected chi connectivity index (χ0v) is 12.9. The van der Waals surface area contributed by atoms with Crippen LogP contribution in [-0.2, 0) is 0 Å². The van der Waals surface area contributed by atoms with Crippen molar-refractivity contribution in [2.75, 3.05) is 0 Å². The molecule has 0 radical (unpaired) electrons. The van der Waals surface area contributed by atoms with E-state index in [0.29, 0.717) is 0 Å². The quantitative estimate of drug-likeness (QED) is 0.443. The molecule has 98 valence electrons. The van der Waals surface area contributed by atoms with Crippen molar-refractivity contribution in [3.05, 3.63) is 0 Å². The van der Waals surface area contributed by atoms with Gasteiger partial charge in [-0.1, -0.05) is 100 Å². The monoisotopic (exact) mass is 218 g/mol. The Morgan fingerprint density at radius 1 is 0.467 bits per heavy atom. The third-order valence-corrected chi connectivity index (χ3v) is 1.46. The lowest BCUT2D eigenvalue weighted by Gasteiger charge is -1.93. The van der Waals surface area contributed by atoms with Crippen molar-refractivity contribution in [3.8, 4) is 0 Å². The van der Waals surface area contributed by atoms with E-state index in [1.165, 1.54) is 44.9 Å². The molecule has 0 aromatic carbocycles. The second kappa shape index (κ2) is 48.3. The SMILES string of the molecule is CC.CC.CCC.CCCCCCCC. The van der Waals surface area contributed by atoms with Gasteiger partial charge in [-0.3, -0.25) is 0 Å². The third kappa shape index (κ3) is 80.6. The molecule has 0 amide bonds. The molecule has 0 heterocycles. The molecule has 0 rings (SSSR count). The van der Waals surface area contributed by atoms with Gasteiger partial charge in [0.1, 0.15) is 0 Å². The van der Waals surface area contributed by atoms with Crippen molar-refractivity contribution < 1.29 is 0 Å². The summed E-state index contributed by atoms with van der Waals surface area (Å²) in [4.78, 5) is 0. The molecular weight excluding hydrogens is 180 g/mol. The van der Waals surface area contributed by atoms with Gasteiger partial charge in [-0.15, -0.1) is 0 Å². The highest BCUT2D eigenvalue weighted by Gasteiger charge is 1.83. The highest BCUT2D eigenvalue weighted by molar-refractivity contribution is 4.39. The van der Waals surface area contributed by atoms with Gasteiger partial charge >= 0.3 is 0 Å². The summed E-state index contributed by atoms with van der Waals surface area (Å²) in [5, 5.41) is 0. The van der Waals surface area contributed by atoms with Crippen LogP contribution in [0.5, 0.6) is 0 Å². The van der Waals surface area contributed by atoms with Crippen molar-refractivity contribution in [3.63, 3.8) is 0 Å². The maximum Gasteiger partial charge on any atom is -0.0533 e. The number of hydrogen-bond donors (Lipinski definition) is 0. The smallest absolute Gasteiger partial charge is 0.0533 e. The van der Waals surface area contributed by atoms with Crippen LogP contribution in [0.4, 0.5) is 0 Å². The van der Waals surface area contributed by atoms with Crippen molar-refractivity contribution in [1.29, 1.82) is 0 Å². The Morgan fingerprint density at radius 3 is 0.800 bits per heavy atom. The summed E-state index contributed by atoms with van der Waals surface area (Å²) in [6.07, 6.45) is 9.74. The van der Waals surface area contributed by atoms with E-state index in [1.54, 1.807) is 0 Å². The Kier molecular flexibility index (Phi) is 78.2. The summed E-state index contributed by atoms with van der Waals surface area (Å²) < 4.78 is 0. The molecule has 0 atom stereocenters. The molecule has 0 fully saturated rings. The summed E-state index contributed by atoms with van der Waals surface area (Å²) in [7, 11) is 0. The molecule has 0 bridgehead atoms. The number of unbranched alkanes of at least 4 members (excludes halogenated alkanes) is 5. The Hall–Kier alpha value is 0. The molecule has 0 aliphatic carbocycles. The summed E-state index contributed by atoms with van der Waals surface area (Å²) in [5.41, 5.74) is 0. The van der Waals surface area contributed by atoms with Crippen molar-refractivity contribution in [2.45, 2.75) is 100 Å². The molecule has 0 aromatic rings. The molecule has 0 spiro atoms. The molecule has 0 heteroatoms. The first-order chi connectivity index (χ1) is 7.33. The van der Waals surface area contributed by atoms with Gasteiger partial charge in [0, 0.05) is 0 Å². The van der Waals surface area contributed by atoms with E-state index in [4.69, 9.17) is 0 Å². The average Bonchev–Trinajstić information content (AvgIpc) is 2.31. The second-order valence-corrected chi connectivity index (χ2v) is 3.12. The topological polar surface area (TPSA) is 0 Å². The predicted octanol–water partition coefficient (Wildman–Crippen LogP) is 6.84. The van der Waals surface area contributed by atoms with Gasteiger partial charge in [0.15, 0.2) is 0 Å². The minimum atomic E-state index is 1.25. The fourth-order valence-corrected chi connectivity index (χ4v) is 0.854. The van der Waals surface area contributed by atoms with Crippen LogP contribution in [0.3, 0.4) is 0 Å². The van der Waals surface area contributed by atoms with E-state index < -0.39 is 0 Å². The van der Waals surface area contributed by atoms with Crippen LogP contribution in [0.1, 0.15) is 100 Å². The van der Waals surface area contributed by atoms with Gasteiger partial charge in [0.25, 0.3) is 0 Å².